The maximum atomic E-state index is 14.4. The minimum atomic E-state index is -2.54. The summed E-state index contributed by atoms with van der Waals surface area (Å²) >= 11 is 0. The van der Waals surface area contributed by atoms with E-state index < -0.39 is 192 Å². The van der Waals surface area contributed by atoms with E-state index in [-0.39, 0.29) is 0 Å². The van der Waals surface area contributed by atoms with Crippen molar-refractivity contribution >= 4 is 29.8 Å². The number of rotatable bonds is 7. The van der Waals surface area contributed by atoms with E-state index in [0.717, 1.165) is 0 Å². The Labute approximate surface area is 369 Å². The molecule has 5 aromatic carbocycles. The molecule has 0 bridgehead atoms. The van der Waals surface area contributed by atoms with Crippen molar-refractivity contribution in [1.29, 1.82) is 0 Å². The molecule has 0 aromatic heterocycles. The van der Waals surface area contributed by atoms with E-state index in [2.05, 4.69) is 0 Å². The average Bonchev–Trinajstić information content (AvgIpc) is 3.27. The zero-order valence-corrected chi connectivity index (χ0v) is 32.9. The molecule has 5 aromatic rings. The van der Waals surface area contributed by atoms with Crippen molar-refractivity contribution in [3.05, 3.63) is 76.3 Å². The van der Waals surface area contributed by atoms with Crippen molar-refractivity contribution < 1.29 is 129 Å². The van der Waals surface area contributed by atoms with E-state index in [9.17, 15) is 101 Å². The lowest BCUT2D eigenvalue weighted by Crippen LogP contribution is -2.63. The average molecular weight is 939 g/mol. The van der Waals surface area contributed by atoms with Gasteiger partial charge in [0.2, 0.25) is 23.9 Å². The summed E-state index contributed by atoms with van der Waals surface area (Å²) in [7, 11) is 0. The molecule has 7 rings (SSSR count). The largest absolute Gasteiger partial charge is 0.504 e. The molecule has 5 atom stereocenters. The molecule has 0 radical (unpaired) electrons. The van der Waals surface area contributed by atoms with Crippen molar-refractivity contribution in [1.82, 2.24) is 0 Å². The van der Waals surface area contributed by atoms with Gasteiger partial charge in [-0.25, -0.2) is 24.0 Å². The normalized spacial score (nSPS) is 18.8. The summed E-state index contributed by atoms with van der Waals surface area (Å²) in [5.41, 5.74) is -6.56. The van der Waals surface area contributed by atoms with Crippen LogP contribution in [-0.2, 0) is 28.4 Å². The minimum Gasteiger partial charge on any atom is -0.504 e. The lowest BCUT2D eigenvalue weighted by molar-refractivity contribution is -0.282. The number of hydrogen-bond acceptors (Lipinski definition) is 26. The summed E-state index contributed by atoms with van der Waals surface area (Å²) in [6.45, 7) is -1.25. The number of benzene rings is 5. The van der Waals surface area contributed by atoms with Crippen LogP contribution in [0.2, 0.25) is 0 Å². The zero-order valence-electron chi connectivity index (χ0n) is 32.9. The van der Waals surface area contributed by atoms with Crippen LogP contribution in [0.4, 0.5) is 0 Å². The second kappa shape index (κ2) is 16.8. The van der Waals surface area contributed by atoms with Gasteiger partial charge in [0.1, 0.15) is 12.7 Å². The van der Waals surface area contributed by atoms with Crippen molar-refractivity contribution in [2.24, 2.45) is 0 Å². The molecule has 0 spiro atoms. The first-order valence-corrected chi connectivity index (χ1v) is 18.5. The Morgan fingerprint density at radius 2 is 0.776 bits per heavy atom. The molecule has 0 unspecified atom stereocenters. The molecule has 15 N–H and O–H groups in total. The van der Waals surface area contributed by atoms with Crippen LogP contribution in [0, 0.1) is 0 Å². The van der Waals surface area contributed by atoms with E-state index in [1.165, 1.54) is 0 Å². The summed E-state index contributed by atoms with van der Waals surface area (Å²) in [5.74, 6) is -26.1. The summed E-state index contributed by atoms with van der Waals surface area (Å²) in [6.07, 6.45) is -12.1. The van der Waals surface area contributed by atoms with Crippen molar-refractivity contribution in [2.45, 2.75) is 30.7 Å². The highest BCUT2D eigenvalue weighted by molar-refractivity contribution is 6.08. The molecule has 26 heteroatoms. The smallest absolute Gasteiger partial charge is 0.340 e. The zero-order chi connectivity index (χ0) is 49.1. The lowest BCUT2D eigenvalue weighted by atomic mass is 9.91. The molecular formula is C41H30O26. The van der Waals surface area contributed by atoms with Crippen LogP contribution in [-0.4, -0.2) is 144 Å². The monoisotopic (exact) mass is 938 g/mol. The molecule has 0 aliphatic carbocycles. The summed E-state index contributed by atoms with van der Waals surface area (Å²) in [4.78, 5) is 69.5. The number of ether oxygens (including phenoxy) is 6. The number of carbonyl (C=O) groups is 5. The number of fused-ring (bicyclic) bond motifs is 4. The van der Waals surface area contributed by atoms with Crippen LogP contribution in [0.5, 0.6) is 86.2 Å². The van der Waals surface area contributed by atoms with E-state index >= 15 is 0 Å². The Kier molecular flexibility index (Phi) is 11.4. The Morgan fingerprint density at radius 3 is 1.18 bits per heavy atom. The number of carbonyl (C=O) groups excluding carboxylic acids is 5. The maximum Gasteiger partial charge on any atom is 0.340 e. The molecule has 1 saturated heterocycles. The number of aromatic hydroxyl groups is 15. The quantitative estimate of drug-likeness (QED) is 0.0627. The fourth-order valence-electron chi connectivity index (χ4n) is 6.77. The molecule has 1 fully saturated rings. The molecule has 2 heterocycles. The van der Waals surface area contributed by atoms with E-state index in [0.29, 0.717) is 48.5 Å². The van der Waals surface area contributed by atoms with Gasteiger partial charge in [0.25, 0.3) is 0 Å². The van der Waals surface area contributed by atoms with Crippen LogP contribution in [0.3, 0.4) is 0 Å². The fraction of sp³-hybridized carbons (Fsp3) is 0.146. The number of hydrogen-bond donors (Lipinski definition) is 15. The standard InChI is InChI=1S/C41H30O26/c42-15-1-10(2-16(43)26(15)50)36(57)62-9-23-33(64-37(58)11-3-17(44)27(51)18(45)4-11)34-35(41(63-23)67-38(59)12-5-19(46)28(52)20(47)6-12)66-40(61)14-8-22(49)30(54)32(56)25(14)24-13(39(60)65-34)7-21(48)29(53)31(24)55/h1-8,23,33-35,41-56H,9H2/t23-,33+,34-,35-,41+/m1/s1. The third kappa shape index (κ3) is 8.12. The SMILES string of the molecule is O=C(OC[C@H]1O[C@@H](OC(=O)c2cc(O)c(O)c(O)c2)[C@@H]2OC(=O)c3cc(O)c(O)c(O)c3-c3c(cc(O)c(O)c3O)C(=O)O[C@@H]2[C@H]1OC(=O)c1cc(O)c(O)c(O)c1)c1cc(O)c(O)c(O)c1. The van der Waals surface area contributed by atoms with Crippen LogP contribution >= 0.6 is 0 Å². The Bertz CT molecular complexity index is 2870. The first-order chi connectivity index (χ1) is 31.5. The van der Waals surface area contributed by atoms with Gasteiger partial charge in [0.05, 0.1) is 27.8 Å². The van der Waals surface area contributed by atoms with Gasteiger partial charge in [-0.1, -0.05) is 0 Å². The summed E-state index contributed by atoms with van der Waals surface area (Å²) in [5, 5.41) is 154. The van der Waals surface area contributed by atoms with Gasteiger partial charge in [0.15, 0.2) is 87.0 Å². The third-order valence-corrected chi connectivity index (χ3v) is 10.0. The molecule has 0 amide bonds. The van der Waals surface area contributed by atoms with E-state index in [1.807, 2.05) is 0 Å². The highest BCUT2D eigenvalue weighted by atomic mass is 16.7. The molecule has 350 valence electrons. The van der Waals surface area contributed by atoms with Gasteiger partial charge in [0, 0.05) is 11.1 Å². The Morgan fingerprint density at radius 1 is 0.433 bits per heavy atom. The predicted molar refractivity (Wildman–Crippen MR) is 208 cm³/mol. The molecular weight excluding hydrogens is 908 g/mol. The summed E-state index contributed by atoms with van der Waals surface area (Å²) in [6, 6.07) is 4.31. The number of esters is 5. The molecule has 2 aliphatic rings. The summed E-state index contributed by atoms with van der Waals surface area (Å²) < 4.78 is 33.4. The van der Waals surface area contributed by atoms with E-state index in [4.69, 9.17) is 28.4 Å². The van der Waals surface area contributed by atoms with Gasteiger partial charge in [-0.05, 0) is 48.5 Å². The second-order valence-electron chi connectivity index (χ2n) is 14.3. The highest BCUT2D eigenvalue weighted by Gasteiger charge is 2.55. The Balaban J connectivity index is 1.42. The first kappa shape index (κ1) is 45.4. The van der Waals surface area contributed by atoms with Crippen molar-refractivity contribution in [2.75, 3.05) is 6.61 Å². The number of phenolic OH excluding ortho intramolecular Hbond substituents is 15. The predicted octanol–water partition coefficient (Wildman–Crippen LogP) is 1.67. The Hall–Kier alpha value is -9.59. The van der Waals surface area contributed by atoms with Crippen molar-refractivity contribution in [3.63, 3.8) is 0 Å². The molecule has 67 heavy (non-hydrogen) atoms. The van der Waals surface area contributed by atoms with Gasteiger partial charge in [-0.3, -0.25) is 0 Å². The van der Waals surface area contributed by atoms with Gasteiger partial charge >= 0.3 is 29.8 Å². The van der Waals surface area contributed by atoms with E-state index in [1.54, 1.807) is 0 Å². The molecule has 0 saturated carbocycles. The topological polar surface area (TPSA) is 444 Å². The van der Waals surface area contributed by atoms with Crippen LogP contribution in [0.25, 0.3) is 11.1 Å². The number of phenols is 15. The highest BCUT2D eigenvalue weighted by Crippen LogP contribution is 2.53. The second-order valence-corrected chi connectivity index (χ2v) is 14.3. The third-order valence-electron chi connectivity index (χ3n) is 10.0. The first-order valence-electron chi connectivity index (χ1n) is 18.5. The van der Waals surface area contributed by atoms with Gasteiger partial charge in [-0.2, -0.15) is 0 Å². The van der Waals surface area contributed by atoms with Crippen LogP contribution < -0.4 is 0 Å². The maximum absolute atomic E-state index is 14.4. The lowest BCUT2D eigenvalue weighted by Gasteiger charge is -2.44. The minimum absolute atomic E-state index is 0.410. The van der Waals surface area contributed by atoms with Gasteiger partial charge in [-0.15, -0.1) is 0 Å². The molecule has 2 aliphatic heterocycles. The van der Waals surface area contributed by atoms with Gasteiger partial charge < -0.3 is 105 Å². The molecule has 26 nitrogen and oxygen atoms in total. The van der Waals surface area contributed by atoms with Crippen LogP contribution in [0.1, 0.15) is 51.8 Å². The fourth-order valence-corrected chi connectivity index (χ4v) is 6.77. The van der Waals surface area contributed by atoms with Crippen LogP contribution in [0.15, 0.2) is 48.5 Å². The van der Waals surface area contributed by atoms with Crippen molar-refractivity contribution in [3.8, 4) is 97.4 Å².